The van der Waals surface area contributed by atoms with Crippen LogP contribution in [-0.2, 0) is 19.4 Å². The molecule has 1 aliphatic rings. The Balaban J connectivity index is 2.02. The number of aryl methyl sites for hydroxylation is 1. The standard InChI is InChI=1S/C10H12N4OS/c15-5-9-12-13-10(16-9)14-6-11-7-3-1-2-4-8(7)14/h6,15H,1-5H2. The van der Waals surface area contributed by atoms with E-state index < -0.39 is 0 Å². The van der Waals surface area contributed by atoms with E-state index in [1.165, 1.54) is 35.6 Å². The first kappa shape index (κ1) is 9.92. The van der Waals surface area contributed by atoms with Crippen LogP contribution in [-0.4, -0.2) is 24.9 Å². The molecule has 0 saturated heterocycles. The first-order valence-electron chi connectivity index (χ1n) is 5.37. The summed E-state index contributed by atoms with van der Waals surface area (Å²) in [5.74, 6) is 0. The third-order valence-corrected chi connectivity index (χ3v) is 3.73. The van der Waals surface area contributed by atoms with E-state index in [2.05, 4.69) is 15.2 Å². The molecule has 0 saturated carbocycles. The molecule has 1 N–H and O–H groups in total. The van der Waals surface area contributed by atoms with Crippen molar-refractivity contribution in [3.05, 3.63) is 22.7 Å². The number of imidazole rings is 1. The van der Waals surface area contributed by atoms with Gasteiger partial charge in [-0.3, -0.25) is 4.57 Å². The molecule has 2 aromatic heterocycles. The van der Waals surface area contributed by atoms with Gasteiger partial charge in [0.05, 0.1) is 12.3 Å². The fourth-order valence-corrected chi connectivity index (χ4v) is 2.73. The Hall–Kier alpha value is -1.27. The van der Waals surface area contributed by atoms with Crippen molar-refractivity contribution in [2.24, 2.45) is 0 Å². The maximum atomic E-state index is 8.97. The number of hydrogen-bond acceptors (Lipinski definition) is 5. The molecule has 2 aromatic rings. The first-order valence-corrected chi connectivity index (χ1v) is 6.19. The number of hydrogen-bond donors (Lipinski definition) is 1. The molecule has 84 valence electrons. The largest absolute Gasteiger partial charge is 0.389 e. The van der Waals surface area contributed by atoms with E-state index in [1.54, 1.807) is 0 Å². The maximum Gasteiger partial charge on any atom is 0.217 e. The van der Waals surface area contributed by atoms with Crippen LogP contribution in [0, 0.1) is 0 Å². The highest BCUT2D eigenvalue weighted by atomic mass is 32.1. The topological polar surface area (TPSA) is 63.8 Å². The van der Waals surface area contributed by atoms with Gasteiger partial charge in [-0.05, 0) is 25.7 Å². The number of aliphatic hydroxyl groups excluding tert-OH is 1. The van der Waals surface area contributed by atoms with Crippen molar-refractivity contribution in [1.29, 1.82) is 0 Å². The van der Waals surface area contributed by atoms with E-state index in [0.29, 0.717) is 5.01 Å². The van der Waals surface area contributed by atoms with Gasteiger partial charge in [-0.25, -0.2) is 4.98 Å². The van der Waals surface area contributed by atoms with Crippen molar-refractivity contribution >= 4 is 11.3 Å². The van der Waals surface area contributed by atoms with Gasteiger partial charge in [0.15, 0.2) is 0 Å². The molecule has 0 unspecified atom stereocenters. The zero-order valence-electron chi connectivity index (χ0n) is 8.76. The maximum absolute atomic E-state index is 8.97. The molecular formula is C10H12N4OS. The summed E-state index contributed by atoms with van der Waals surface area (Å²) >= 11 is 1.41. The van der Waals surface area contributed by atoms with Crippen LogP contribution >= 0.6 is 11.3 Å². The van der Waals surface area contributed by atoms with Crippen LogP contribution in [0.1, 0.15) is 29.2 Å². The van der Waals surface area contributed by atoms with Crippen molar-refractivity contribution in [2.45, 2.75) is 32.3 Å². The summed E-state index contributed by atoms with van der Waals surface area (Å²) in [5.41, 5.74) is 2.44. The lowest BCUT2D eigenvalue weighted by Crippen LogP contribution is -2.06. The number of aliphatic hydroxyl groups is 1. The molecule has 0 aromatic carbocycles. The van der Waals surface area contributed by atoms with Crippen molar-refractivity contribution in [1.82, 2.24) is 19.7 Å². The second-order valence-corrected chi connectivity index (χ2v) is 4.89. The third-order valence-electron chi connectivity index (χ3n) is 2.83. The summed E-state index contributed by atoms with van der Waals surface area (Å²) in [6.07, 6.45) is 6.38. The average molecular weight is 236 g/mol. The fraction of sp³-hybridized carbons (Fsp3) is 0.500. The summed E-state index contributed by atoms with van der Waals surface area (Å²) in [4.78, 5) is 4.41. The second kappa shape index (κ2) is 3.95. The fourth-order valence-electron chi connectivity index (χ4n) is 2.04. The van der Waals surface area contributed by atoms with E-state index in [0.717, 1.165) is 18.0 Å². The molecule has 0 fully saturated rings. The minimum absolute atomic E-state index is 0.0471. The number of nitrogens with zero attached hydrogens (tertiary/aromatic N) is 4. The molecule has 2 heterocycles. The van der Waals surface area contributed by atoms with Gasteiger partial charge in [0.1, 0.15) is 11.3 Å². The predicted octanol–water partition coefficient (Wildman–Crippen LogP) is 1.09. The number of aromatic nitrogens is 4. The molecule has 6 heteroatoms. The lowest BCUT2D eigenvalue weighted by atomic mass is 10.0. The van der Waals surface area contributed by atoms with Crippen molar-refractivity contribution in [3.8, 4) is 5.13 Å². The van der Waals surface area contributed by atoms with Gasteiger partial charge in [-0.2, -0.15) is 0 Å². The van der Waals surface area contributed by atoms with Gasteiger partial charge in [0.25, 0.3) is 0 Å². The third kappa shape index (κ3) is 1.54. The van der Waals surface area contributed by atoms with Crippen LogP contribution in [0.2, 0.25) is 0 Å². The summed E-state index contributed by atoms with van der Waals surface area (Å²) in [6.45, 7) is -0.0471. The Morgan fingerprint density at radius 2 is 2.19 bits per heavy atom. The highest BCUT2D eigenvalue weighted by Gasteiger charge is 2.17. The Morgan fingerprint density at radius 3 is 3.00 bits per heavy atom. The second-order valence-electron chi connectivity index (χ2n) is 3.85. The lowest BCUT2D eigenvalue weighted by molar-refractivity contribution is 0.280. The van der Waals surface area contributed by atoms with Gasteiger partial charge in [-0.1, -0.05) is 11.3 Å². The molecule has 0 spiro atoms. The Kier molecular flexibility index (Phi) is 2.45. The minimum atomic E-state index is -0.0471. The van der Waals surface area contributed by atoms with Crippen LogP contribution in [0.3, 0.4) is 0 Å². The van der Waals surface area contributed by atoms with E-state index in [-0.39, 0.29) is 6.61 Å². The van der Waals surface area contributed by atoms with Crippen LogP contribution in [0.25, 0.3) is 5.13 Å². The molecule has 5 nitrogen and oxygen atoms in total. The highest BCUT2D eigenvalue weighted by molar-refractivity contribution is 7.13. The molecule has 0 bridgehead atoms. The van der Waals surface area contributed by atoms with Gasteiger partial charge in [0, 0.05) is 5.69 Å². The minimum Gasteiger partial charge on any atom is -0.389 e. The summed E-state index contributed by atoms with van der Waals surface area (Å²) < 4.78 is 2.01. The quantitative estimate of drug-likeness (QED) is 0.848. The Labute approximate surface area is 96.8 Å². The van der Waals surface area contributed by atoms with Crippen LogP contribution in [0.4, 0.5) is 0 Å². The molecule has 0 radical (unpaired) electrons. The summed E-state index contributed by atoms with van der Waals surface area (Å²) in [6, 6.07) is 0. The van der Waals surface area contributed by atoms with Crippen LogP contribution in [0.15, 0.2) is 6.33 Å². The monoisotopic (exact) mass is 236 g/mol. The predicted molar refractivity (Wildman–Crippen MR) is 59.6 cm³/mol. The normalized spacial score (nSPS) is 15.1. The molecule has 0 atom stereocenters. The van der Waals surface area contributed by atoms with Gasteiger partial charge >= 0.3 is 0 Å². The Morgan fingerprint density at radius 1 is 1.31 bits per heavy atom. The summed E-state index contributed by atoms with van der Waals surface area (Å²) in [7, 11) is 0. The van der Waals surface area contributed by atoms with Crippen molar-refractivity contribution in [3.63, 3.8) is 0 Å². The van der Waals surface area contributed by atoms with Gasteiger partial charge in [0.2, 0.25) is 5.13 Å². The summed E-state index contributed by atoms with van der Waals surface area (Å²) in [5, 5.41) is 18.4. The van der Waals surface area contributed by atoms with Crippen molar-refractivity contribution in [2.75, 3.05) is 0 Å². The van der Waals surface area contributed by atoms with Gasteiger partial charge in [-0.15, -0.1) is 10.2 Å². The van der Waals surface area contributed by atoms with Gasteiger partial charge < -0.3 is 5.11 Å². The molecule has 16 heavy (non-hydrogen) atoms. The first-order chi connectivity index (χ1) is 7.88. The van der Waals surface area contributed by atoms with E-state index in [1.807, 2.05) is 10.9 Å². The van der Waals surface area contributed by atoms with E-state index in [4.69, 9.17) is 5.11 Å². The zero-order chi connectivity index (χ0) is 11.0. The molecular weight excluding hydrogens is 224 g/mol. The van der Waals surface area contributed by atoms with Crippen LogP contribution in [0.5, 0.6) is 0 Å². The highest BCUT2D eigenvalue weighted by Crippen LogP contribution is 2.24. The number of rotatable bonds is 2. The van der Waals surface area contributed by atoms with E-state index in [9.17, 15) is 0 Å². The SMILES string of the molecule is OCc1nnc(-n2cnc3c2CCCC3)s1. The molecule has 0 aliphatic heterocycles. The average Bonchev–Trinajstić information content (AvgIpc) is 2.94. The lowest BCUT2D eigenvalue weighted by Gasteiger charge is -2.11. The molecule has 0 amide bonds. The van der Waals surface area contributed by atoms with E-state index >= 15 is 0 Å². The Bertz CT molecular complexity index is 505. The molecule has 1 aliphatic carbocycles. The van der Waals surface area contributed by atoms with Crippen LogP contribution < -0.4 is 0 Å². The number of fused-ring (bicyclic) bond motifs is 1. The van der Waals surface area contributed by atoms with Crippen molar-refractivity contribution < 1.29 is 5.11 Å². The molecule has 3 rings (SSSR count). The zero-order valence-corrected chi connectivity index (χ0v) is 9.57. The smallest absolute Gasteiger partial charge is 0.217 e.